The predicted molar refractivity (Wildman–Crippen MR) is 100 cm³/mol. The van der Waals surface area contributed by atoms with E-state index in [0.717, 1.165) is 12.1 Å². The van der Waals surface area contributed by atoms with Crippen molar-refractivity contribution in [2.24, 2.45) is 0 Å². The molecule has 0 radical (unpaired) electrons. The Bertz CT molecular complexity index is 881. The summed E-state index contributed by atoms with van der Waals surface area (Å²) in [6.07, 6.45) is -4.56. The Balaban J connectivity index is 1.84. The third kappa shape index (κ3) is 4.92. The molecule has 1 heterocycles. The average molecular weight is 410 g/mol. The van der Waals surface area contributed by atoms with Gasteiger partial charge in [-0.1, -0.05) is 6.07 Å². The van der Waals surface area contributed by atoms with E-state index in [1.54, 1.807) is 12.1 Å². The Morgan fingerprint density at radius 1 is 1.21 bits per heavy atom. The van der Waals surface area contributed by atoms with Crippen LogP contribution in [0.25, 0.3) is 0 Å². The average Bonchev–Trinajstić information content (AvgIpc) is 2.71. The number of carbonyl (C=O) groups excluding carboxylic acids is 1. The molecular weight excluding hydrogens is 389 g/mol. The van der Waals surface area contributed by atoms with Crippen LogP contribution in [-0.4, -0.2) is 44.4 Å². The van der Waals surface area contributed by atoms with Crippen molar-refractivity contribution in [1.82, 2.24) is 5.32 Å². The monoisotopic (exact) mass is 410 g/mol. The van der Waals surface area contributed by atoms with Crippen molar-refractivity contribution in [1.29, 1.82) is 0 Å². The van der Waals surface area contributed by atoms with E-state index in [0.29, 0.717) is 37.6 Å². The maximum absolute atomic E-state index is 13.2. The number of halogens is 3. The second-order valence-electron chi connectivity index (χ2n) is 6.52. The first-order valence-electron chi connectivity index (χ1n) is 8.97. The molecule has 1 aliphatic rings. The van der Waals surface area contributed by atoms with Crippen LogP contribution < -0.4 is 15.0 Å². The molecule has 1 saturated heterocycles. The number of carbonyl (C=O) groups is 1. The van der Waals surface area contributed by atoms with Crippen LogP contribution in [0.15, 0.2) is 36.4 Å². The second-order valence-corrected chi connectivity index (χ2v) is 6.52. The lowest BCUT2D eigenvalue weighted by molar-refractivity contribution is -0.137. The molecule has 0 spiro atoms. The molecule has 156 valence electrons. The number of ether oxygens (including phenoxy) is 2. The molecule has 2 aromatic carbocycles. The number of phenolic OH excluding ortho intramolecular Hbond substituents is 1. The highest BCUT2D eigenvalue weighted by Gasteiger charge is 2.32. The number of anilines is 1. The Labute approximate surface area is 165 Å². The van der Waals surface area contributed by atoms with Gasteiger partial charge in [0, 0.05) is 25.3 Å². The Kier molecular flexibility index (Phi) is 6.17. The van der Waals surface area contributed by atoms with Gasteiger partial charge in [0.15, 0.2) is 11.5 Å². The summed E-state index contributed by atoms with van der Waals surface area (Å²) in [5.74, 6) is -0.437. The van der Waals surface area contributed by atoms with Gasteiger partial charge in [-0.15, -0.1) is 0 Å². The number of nitrogens with one attached hydrogen (secondary N) is 1. The first kappa shape index (κ1) is 20.8. The fourth-order valence-electron chi connectivity index (χ4n) is 3.10. The number of alkyl halides is 3. The molecular formula is C20H21F3N2O4. The van der Waals surface area contributed by atoms with Gasteiger partial charge < -0.3 is 24.8 Å². The van der Waals surface area contributed by atoms with Crippen molar-refractivity contribution in [3.05, 3.63) is 53.1 Å². The van der Waals surface area contributed by atoms with Gasteiger partial charge in [-0.2, -0.15) is 13.2 Å². The number of benzene rings is 2. The minimum absolute atomic E-state index is 0.0369. The summed E-state index contributed by atoms with van der Waals surface area (Å²) in [5.41, 5.74) is 0.0640. The molecule has 3 rings (SSSR count). The van der Waals surface area contributed by atoms with Crippen LogP contribution in [0.5, 0.6) is 11.5 Å². The van der Waals surface area contributed by atoms with E-state index < -0.39 is 17.6 Å². The van der Waals surface area contributed by atoms with Crippen molar-refractivity contribution in [2.45, 2.75) is 12.7 Å². The highest BCUT2D eigenvalue weighted by molar-refractivity contribution is 6.00. The second kappa shape index (κ2) is 8.60. The smallest absolute Gasteiger partial charge is 0.416 e. The van der Waals surface area contributed by atoms with Crippen molar-refractivity contribution >= 4 is 11.6 Å². The zero-order valence-electron chi connectivity index (χ0n) is 15.8. The van der Waals surface area contributed by atoms with Crippen molar-refractivity contribution in [2.75, 3.05) is 38.3 Å². The number of rotatable bonds is 5. The number of morpholine rings is 1. The number of methoxy groups -OCH3 is 1. The third-order valence-electron chi connectivity index (χ3n) is 4.62. The molecule has 0 aliphatic carbocycles. The maximum Gasteiger partial charge on any atom is 0.416 e. The summed E-state index contributed by atoms with van der Waals surface area (Å²) < 4.78 is 49.7. The zero-order valence-corrected chi connectivity index (χ0v) is 15.8. The molecule has 0 aromatic heterocycles. The highest BCUT2D eigenvalue weighted by atomic mass is 19.4. The number of hydrogen-bond acceptors (Lipinski definition) is 5. The first-order valence-corrected chi connectivity index (χ1v) is 8.97. The summed E-state index contributed by atoms with van der Waals surface area (Å²) in [7, 11) is 1.41. The SMILES string of the molecule is COc1ccc(CNC(=O)c2cc(C(F)(F)F)ccc2N2CCOCC2)cc1O. The van der Waals surface area contributed by atoms with Gasteiger partial charge in [-0.3, -0.25) is 4.79 Å². The highest BCUT2D eigenvalue weighted by Crippen LogP contribution is 2.33. The molecule has 2 aromatic rings. The van der Waals surface area contributed by atoms with Crippen LogP contribution in [-0.2, 0) is 17.5 Å². The quantitative estimate of drug-likeness (QED) is 0.792. The number of nitrogens with zero attached hydrogens (tertiary/aromatic N) is 1. The minimum Gasteiger partial charge on any atom is -0.504 e. The molecule has 1 fully saturated rings. The van der Waals surface area contributed by atoms with E-state index in [2.05, 4.69) is 5.32 Å². The number of phenols is 1. The van der Waals surface area contributed by atoms with Crippen molar-refractivity contribution < 1.29 is 32.5 Å². The van der Waals surface area contributed by atoms with Gasteiger partial charge in [0.05, 0.1) is 31.5 Å². The van der Waals surface area contributed by atoms with Crippen LogP contribution in [0.2, 0.25) is 0 Å². The summed E-state index contributed by atoms with van der Waals surface area (Å²) in [6, 6.07) is 7.78. The van der Waals surface area contributed by atoms with Crippen LogP contribution in [0.1, 0.15) is 21.5 Å². The van der Waals surface area contributed by atoms with E-state index >= 15 is 0 Å². The fourth-order valence-corrected chi connectivity index (χ4v) is 3.10. The normalized spacial score (nSPS) is 14.6. The minimum atomic E-state index is -4.56. The van der Waals surface area contributed by atoms with Gasteiger partial charge >= 0.3 is 6.18 Å². The maximum atomic E-state index is 13.2. The first-order chi connectivity index (χ1) is 13.8. The van der Waals surface area contributed by atoms with E-state index in [9.17, 15) is 23.1 Å². The summed E-state index contributed by atoms with van der Waals surface area (Å²) >= 11 is 0. The summed E-state index contributed by atoms with van der Waals surface area (Å²) in [6.45, 7) is 1.88. The van der Waals surface area contributed by atoms with Crippen LogP contribution in [0, 0.1) is 0 Å². The van der Waals surface area contributed by atoms with Crippen LogP contribution >= 0.6 is 0 Å². The lowest BCUT2D eigenvalue weighted by Gasteiger charge is -2.30. The van der Waals surface area contributed by atoms with E-state index in [-0.39, 0.29) is 23.6 Å². The largest absolute Gasteiger partial charge is 0.504 e. The van der Waals surface area contributed by atoms with Gasteiger partial charge in [0.1, 0.15) is 0 Å². The zero-order chi connectivity index (χ0) is 21.0. The van der Waals surface area contributed by atoms with Crippen LogP contribution in [0.3, 0.4) is 0 Å². The summed E-state index contributed by atoms with van der Waals surface area (Å²) in [5, 5.41) is 12.5. The van der Waals surface area contributed by atoms with Crippen molar-refractivity contribution in [3.8, 4) is 11.5 Å². The number of hydrogen-bond donors (Lipinski definition) is 2. The lowest BCUT2D eigenvalue weighted by atomic mass is 10.1. The molecule has 29 heavy (non-hydrogen) atoms. The predicted octanol–water partition coefficient (Wildman–Crippen LogP) is 3.19. The van der Waals surface area contributed by atoms with Gasteiger partial charge in [-0.05, 0) is 35.9 Å². The van der Waals surface area contributed by atoms with E-state index in [1.165, 1.54) is 19.2 Å². The fraction of sp³-hybridized carbons (Fsp3) is 0.350. The molecule has 0 unspecified atom stereocenters. The van der Waals surface area contributed by atoms with Gasteiger partial charge in [0.25, 0.3) is 5.91 Å². The Morgan fingerprint density at radius 3 is 2.55 bits per heavy atom. The molecule has 0 saturated carbocycles. The number of amides is 1. The summed E-state index contributed by atoms with van der Waals surface area (Å²) in [4.78, 5) is 14.6. The molecule has 6 nitrogen and oxygen atoms in total. The van der Waals surface area contributed by atoms with E-state index in [1.807, 2.05) is 4.90 Å². The van der Waals surface area contributed by atoms with Crippen LogP contribution in [0.4, 0.5) is 18.9 Å². The Morgan fingerprint density at radius 2 is 1.93 bits per heavy atom. The standard InChI is InChI=1S/C20H21F3N2O4/c1-28-18-5-2-13(10-17(18)26)12-24-19(27)15-11-14(20(21,22)23)3-4-16(15)25-6-8-29-9-7-25/h2-5,10-11,26H,6-9,12H2,1H3,(H,24,27). The third-order valence-corrected chi connectivity index (χ3v) is 4.62. The van der Waals surface area contributed by atoms with Gasteiger partial charge in [-0.25, -0.2) is 0 Å². The molecule has 0 atom stereocenters. The van der Waals surface area contributed by atoms with Crippen molar-refractivity contribution in [3.63, 3.8) is 0 Å². The molecule has 0 bridgehead atoms. The lowest BCUT2D eigenvalue weighted by Crippen LogP contribution is -2.38. The molecule has 1 aliphatic heterocycles. The van der Waals surface area contributed by atoms with Gasteiger partial charge in [0.2, 0.25) is 0 Å². The van der Waals surface area contributed by atoms with E-state index in [4.69, 9.17) is 9.47 Å². The molecule has 1 amide bonds. The molecule has 2 N–H and O–H groups in total. The topological polar surface area (TPSA) is 71.0 Å². The molecule has 9 heteroatoms. The number of aromatic hydroxyl groups is 1. The Hall–Kier alpha value is -2.94.